The van der Waals surface area contributed by atoms with Crippen molar-refractivity contribution in [3.8, 4) is 0 Å². The third kappa shape index (κ3) is 6.40. The van der Waals surface area contributed by atoms with Crippen molar-refractivity contribution >= 4 is 11.8 Å². The van der Waals surface area contributed by atoms with E-state index in [1.165, 1.54) is 0 Å². The molecule has 0 saturated heterocycles. The van der Waals surface area contributed by atoms with Gasteiger partial charge < -0.3 is 15.2 Å². The van der Waals surface area contributed by atoms with Crippen molar-refractivity contribution in [2.24, 2.45) is 0 Å². The minimum atomic E-state index is -0.680. The van der Waals surface area contributed by atoms with Gasteiger partial charge in [0.25, 0.3) is 5.91 Å². The lowest BCUT2D eigenvalue weighted by Gasteiger charge is -2.19. The number of benzene rings is 3. The molecule has 0 aliphatic heterocycles. The van der Waals surface area contributed by atoms with Gasteiger partial charge in [-0.1, -0.05) is 72.8 Å². The van der Waals surface area contributed by atoms with Crippen LogP contribution in [0.5, 0.6) is 0 Å². The molecule has 4 aromatic rings. The van der Waals surface area contributed by atoms with Crippen LogP contribution < -0.4 is 10.6 Å². The molecule has 2 N–H and O–H groups in total. The molecule has 1 atom stereocenters. The van der Waals surface area contributed by atoms with Gasteiger partial charge in [0.2, 0.25) is 5.91 Å². The van der Waals surface area contributed by atoms with E-state index >= 15 is 0 Å². The van der Waals surface area contributed by atoms with E-state index in [0.29, 0.717) is 18.5 Å². The number of nitrogens with zero attached hydrogens (tertiary/aromatic N) is 2. The van der Waals surface area contributed by atoms with Gasteiger partial charge in [0.05, 0.1) is 6.33 Å². The van der Waals surface area contributed by atoms with Crippen LogP contribution in [0.15, 0.2) is 104 Å². The number of carbonyl (C=O) groups is 2. The van der Waals surface area contributed by atoms with Crippen LogP contribution >= 0.6 is 0 Å². The summed E-state index contributed by atoms with van der Waals surface area (Å²) in [4.78, 5) is 29.8. The van der Waals surface area contributed by atoms with Crippen molar-refractivity contribution in [3.63, 3.8) is 0 Å². The summed E-state index contributed by atoms with van der Waals surface area (Å²) in [7, 11) is 0. The fourth-order valence-corrected chi connectivity index (χ4v) is 3.56. The van der Waals surface area contributed by atoms with Crippen molar-refractivity contribution in [1.82, 2.24) is 20.2 Å². The van der Waals surface area contributed by atoms with Gasteiger partial charge >= 0.3 is 0 Å². The van der Waals surface area contributed by atoms with Gasteiger partial charge in [0.1, 0.15) is 6.04 Å². The zero-order valence-corrected chi connectivity index (χ0v) is 18.2. The molecule has 0 aliphatic rings. The van der Waals surface area contributed by atoms with E-state index < -0.39 is 6.04 Å². The summed E-state index contributed by atoms with van der Waals surface area (Å²) in [6.07, 6.45) is 5.87. The Labute approximate surface area is 193 Å². The van der Waals surface area contributed by atoms with Crippen molar-refractivity contribution in [1.29, 1.82) is 0 Å². The van der Waals surface area contributed by atoms with Crippen LogP contribution in [0.25, 0.3) is 0 Å². The van der Waals surface area contributed by atoms with Crippen LogP contribution in [0.3, 0.4) is 0 Å². The van der Waals surface area contributed by atoms with Crippen molar-refractivity contribution in [2.75, 3.05) is 0 Å². The second kappa shape index (κ2) is 10.9. The SMILES string of the molecule is O=C(NC(Cc1ccccc1)C(=O)NCc1ccc(Cn2ccnc2)cc1)c1ccccc1. The summed E-state index contributed by atoms with van der Waals surface area (Å²) in [5.41, 5.74) is 3.65. The van der Waals surface area contributed by atoms with E-state index in [9.17, 15) is 9.59 Å². The van der Waals surface area contributed by atoms with Crippen LogP contribution in [-0.2, 0) is 24.3 Å². The third-order valence-corrected chi connectivity index (χ3v) is 5.35. The Kier molecular flexibility index (Phi) is 7.28. The monoisotopic (exact) mass is 438 g/mol. The molecule has 1 heterocycles. The molecular weight excluding hydrogens is 412 g/mol. The van der Waals surface area contributed by atoms with Crippen LogP contribution in [0.4, 0.5) is 0 Å². The normalized spacial score (nSPS) is 11.5. The van der Waals surface area contributed by atoms with Crippen LogP contribution in [0.1, 0.15) is 27.0 Å². The number of rotatable bonds is 9. The van der Waals surface area contributed by atoms with Gasteiger partial charge in [-0.2, -0.15) is 0 Å². The van der Waals surface area contributed by atoms with Gasteiger partial charge in [-0.3, -0.25) is 9.59 Å². The Balaban J connectivity index is 1.39. The molecule has 1 aromatic heterocycles. The molecule has 33 heavy (non-hydrogen) atoms. The van der Waals surface area contributed by atoms with Gasteiger partial charge in [-0.15, -0.1) is 0 Å². The number of carbonyl (C=O) groups excluding carboxylic acids is 2. The fraction of sp³-hybridized carbons (Fsp3) is 0.148. The van der Waals surface area contributed by atoms with Crippen LogP contribution in [-0.4, -0.2) is 27.4 Å². The standard InChI is InChI=1S/C27H26N4O2/c32-26(24-9-5-2-6-10-24)30-25(17-21-7-3-1-4-8-21)27(33)29-18-22-11-13-23(14-12-22)19-31-16-15-28-20-31/h1-16,20,25H,17-19H2,(H,29,33)(H,30,32). The number of aromatic nitrogens is 2. The fourth-order valence-electron chi connectivity index (χ4n) is 3.56. The van der Waals surface area contributed by atoms with E-state index in [-0.39, 0.29) is 11.8 Å². The van der Waals surface area contributed by atoms with E-state index in [0.717, 1.165) is 23.2 Å². The summed E-state index contributed by atoms with van der Waals surface area (Å²) in [5, 5.41) is 5.86. The van der Waals surface area contributed by atoms with E-state index in [2.05, 4.69) is 15.6 Å². The maximum absolute atomic E-state index is 13.0. The molecule has 3 aromatic carbocycles. The highest BCUT2D eigenvalue weighted by Gasteiger charge is 2.21. The van der Waals surface area contributed by atoms with Gasteiger partial charge in [-0.05, 0) is 28.8 Å². The molecule has 6 heteroatoms. The molecular formula is C27H26N4O2. The quantitative estimate of drug-likeness (QED) is 0.419. The lowest BCUT2D eigenvalue weighted by Crippen LogP contribution is -2.47. The molecule has 0 saturated carbocycles. The molecule has 0 spiro atoms. The molecule has 0 aliphatic carbocycles. The minimum Gasteiger partial charge on any atom is -0.350 e. The first kappa shape index (κ1) is 22.0. The zero-order chi connectivity index (χ0) is 22.9. The highest BCUT2D eigenvalue weighted by atomic mass is 16.2. The molecule has 6 nitrogen and oxygen atoms in total. The molecule has 0 fully saturated rings. The number of imidazole rings is 1. The number of nitrogens with one attached hydrogen (secondary N) is 2. The molecule has 2 amide bonds. The third-order valence-electron chi connectivity index (χ3n) is 5.35. The maximum Gasteiger partial charge on any atom is 0.251 e. The molecule has 166 valence electrons. The molecule has 0 radical (unpaired) electrons. The Bertz CT molecular complexity index is 1160. The largest absolute Gasteiger partial charge is 0.350 e. The van der Waals surface area contributed by atoms with Crippen molar-refractivity contribution in [2.45, 2.75) is 25.6 Å². The van der Waals surface area contributed by atoms with Gasteiger partial charge in [0.15, 0.2) is 0 Å². The Morgan fingerprint density at radius 1 is 0.818 bits per heavy atom. The second-order valence-corrected chi connectivity index (χ2v) is 7.85. The summed E-state index contributed by atoms with van der Waals surface area (Å²) in [6.45, 7) is 1.13. The predicted octanol–water partition coefficient (Wildman–Crippen LogP) is 3.59. The first-order valence-corrected chi connectivity index (χ1v) is 10.9. The molecule has 1 unspecified atom stereocenters. The smallest absolute Gasteiger partial charge is 0.251 e. The Morgan fingerprint density at radius 3 is 2.15 bits per heavy atom. The second-order valence-electron chi connectivity index (χ2n) is 7.85. The summed E-state index contributed by atoms with van der Waals surface area (Å²) in [6, 6.07) is 26.0. The summed E-state index contributed by atoms with van der Waals surface area (Å²) < 4.78 is 2.00. The molecule has 4 rings (SSSR count). The van der Waals surface area contributed by atoms with E-state index in [4.69, 9.17) is 0 Å². The number of hydrogen-bond donors (Lipinski definition) is 2. The average molecular weight is 439 g/mol. The first-order valence-electron chi connectivity index (χ1n) is 10.9. The van der Waals surface area contributed by atoms with E-state index in [1.54, 1.807) is 36.8 Å². The lowest BCUT2D eigenvalue weighted by molar-refractivity contribution is -0.123. The Morgan fingerprint density at radius 2 is 1.48 bits per heavy atom. The summed E-state index contributed by atoms with van der Waals surface area (Å²) in [5.74, 6) is -0.485. The van der Waals surface area contributed by atoms with E-state index in [1.807, 2.05) is 71.4 Å². The van der Waals surface area contributed by atoms with Crippen LogP contribution in [0, 0.1) is 0 Å². The van der Waals surface area contributed by atoms with Crippen LogP contribution in [0.2, 0.25) is 0 Å². The number of amides is 2. The maximum atomic E-state index is 13.0. The zero-order valence-electron chi connectivity index (χ0n) is 18.2. The summed E-state index contributed by atoms with van der Waals surface area (Å²) >= 11 is 0. The Hall–Kier alpha value is -4.19. The van der Waals surface area contributed by atoms with Gasteiger partial charge in [-0.25, -0.2) is 4.98 Å². The first-order chi connectivity index (χ1) is 16.2. The topological polar surface area (TPSA) is 76.0 Å². The highest BCUT2D eigenvalue weighted by molar-refractivity contribution is 5.97. The number of hydrogen-bond acceptors (Lipinski definition) is 3. The van der Waals surface area contributed by atoms with Crippen molar-refractivity contribution < 1.29 is 9.59 Å². The minimum absolute atomic E-state index is 0.217. The molecule has 0 bridgehead atoms. The average Bonchev–Trinajstić information content (AvgIpc) is 3.37. The highest BCUT2D eigenvalue weighted by Crippen LogP contribution is 2.09. The van der Waals surface area contributed by atoms with Crippen molar-refractivity contribution in [3.05, 3.63) is 126 Å². The lowest BCUT2D eigenvalue weighted by atomic mass is 10.0. The predicted molar refractivity (Wildman–Crippen MR) is 127 cm³/mol. The van der Waals surface area contributed by atoms with Gasteiger partial charge in [0, 0.05) is 37.5 Å².